The lowest BCUT2D eigenvalue weighted by molar-refractivity contribution is -0.380. The van der Waals surface area contributed by atoms with E-state index in [1.165, 1.54) is 17.3 Å². The summed E-state index contributed by atoms with van der Waals surface area (Å²) in [6.07, 6.45) is 4.38. The maximum Gasteiger partial charge on any atom is 0.345 e. The second kappa shape index (κ2) is 5.09. The van der Waals surface area contributed by atoms with Crippen LogP contribution in [0.4, 0.5) is 15.8 Å². The molecule has 104 valence electrons. The molecule has 20 heavy (non-hydrogen) atoms. The van der Waals surface area contributed by atoms with Crippen LogP contribution in [0.15, 0.2) is 24.4 Å². The Morgan fingerprint density at radius 3 is 3.10 bits per heavy atom. The summed E-state index contributed by atoms with van der Waals surface area (Å²) in [4.78, 5) is 14.3. The van der Waals surface area contributed by atoms with E-state index in [-0.39, 0.29) is 11.0 Å². The van der Waals surface area contributed by atoms with Crippen molar-refractivity contribution >= 4 is 27.2 Å². The maximum absolute atomic E-state index is 10.7. The molecule has 1 atom stereocenters. The van der Waals surface area contributed by atoms with Crippen molar-refractivity contribution in [3.63, 3.8) is 0 Å². The minimum atomic E-state index is -0.418. The number of benzene rings is 1. The predicted molar refractivity (Wildman–Crippen MR) is 78.9 cm³/mol. The zero-order valence-corrected chi connectivity index (χ0v) is 11.5. The number of nitro groups is 1. The highest BCUT2D eigenvalue weighted by Gasteiger charge is 2.22. The van der Waals surface area contributed by atoms with E-state index < -0.39 is 4.92 Å². The second-order valence-corrected chi connectivity index (χ2v) is 5.82. The maximum atomic E-state index is 10.7. The lowest BCUT2D eigenvalue weighted by atomic mass is 9.87. The molecule has 0 bridgehead atoms. The van der Waals surface area contributed by atoms with Gasteiger partial charge in [-0.15, -0.1) is 0 Å². The van der Waals surface area contributed by atoms with Crippen molar-refractivity contribution in [1.29, 1.82) is 0 Å². The molecule has 1 heterocycles. The molecule has 2 aromatic rings. The fourth-order valence-corrected chi connectivity index (χ4v) is 3.23. The van der Waals surface area contributed by atoms with Crippen molar-refractivity contribution < 1.29 is 4.92 Å². The van der Waals surface area contributed by atoms with E-state index in [2.05, 4.69) is 10.3 Å². The van der Waals surface area contributed by atoms with Crippen molar-refractivity contribution in [2.75, 3.05) is 11.1 Å². The topological polar surface area (TPSA) is 94.1 Å². The quantitative estimate of drug-likeness (QED) is 0.514. The Morgan fingerprint density at radius 1 is 1.50 bits per heavy atom. The summed E-state index contributed by atoms with van der Waals surface area (Å²) in [5, 5.41) is 14.6. The molecule has 1 aromatic heterocycles. The number of nitrogen functional groups attached to an aromatic ring is 1. The minimum Gasteiger partial charge on any atom is -0.399 e. The van der Waals surface area contributed by atoms with Gasteiger partial charge in [0.2, 0.25) is 0 Å². The average Bonchev–Trinajstić information content (AvgIpc) is 2.87. The Kier molecular flexibility index (Phi) is 3.27. The van der Waals surface area contributed by atoms with Crippen LogP contribution in [0, 0.1) is 10.1 Å². The molecule has 0 saturated heterocycles. The number of hydrogen-bond acceptors (Lipinski definition) is 6. The number of anilines is 2. The van der Waals surface area contributed by atoms with E-state index in [1.807, 2.05) is 18.2 Å². The SMILES string of the molecule is Nc1ccc2c(c1)CCCC2Nc1ncc([N+](=O)[O-])s1. The van der Waals surface area contributed by atoms with Gasteiger partial charge in [0, 0.05) is 5.69 Å². The predicted octanol–water partition coefficient (Wildman–Crippen LogP) is 3.12. The second-order valence-electron chi connectivity index (χ2n) is 4.81. The monoisotopic (exact) mass is 290 g/mol. The summed E-state index contributed by atoms with van der Waals surface area (Å²) in [6, 6.07) is 6.07. The van der Waals surface area contributed by atoms with Crippen molar-refractivity contribution in [2.24, 2.45) is 0 Å². The van der Waals surface area contributed by atoms with Crippen LogP contribution in [0.5, 0.6) is 0 Å². The third-order valence-corrected chi connectivity index (χ3v) is 4.33. The molecule has 3 N–H and O–H groups in total. The number of aryl methyl sites for hydroxylation is 1. The van der Waals surface area contributed by atoms with Crippen LogP contribution in [-0.2, 0) is 6.42 Å². The van der Waals surface area contributed by atoms with Gasteiger partial charge in [-0.1, -0.05) is 6.07 Å². The smallest absolute Gasteiger partial charge is 0.345 e. The molecule has 1 unspecified atom stereocenters. The van der Waals surface area contributed by atoms with E-state index >= 15 is 0 Å². The molecule has 0 amide bonds. The summed E-state index contributed by atoms with van der Waals surface area (Å²) in [7, 11) is 0. The fourth-order valence-electron chi connectivity index (χ4n) is 2.55. The highest BCUT2D eigenvalue weighted by molar-refractivity contribution is 7.18. The summed E-state index contributed by atoms with van der Waals surface area (Å²) in [5.74, 6) is 0. The Morgan fingerprint density at radius 2 is 2.35 bits per heavy atom. The Bertz CT molecular complexity index is 656. The molecule has 0 radical (unpaired) electrons. The van der Waals surface area contributed by atoms with Crippen LogP contribution >= 0.6 is 11.3 Å². The summed E-state index contributed by atoms with van der Waals surface area (Å²) < 4.78 is 0. The van der Waals surface area contributed by atoms with Gasteiger partial charge in [0.1, 0.15) is 6.20 Å². The number of rotatable bonds is 3. The lowest BCUT2D eigenvalue weighted by Gasteiger charge is -2.26. The van der Waals surface area contributed by atoms with Crippen LogP contribution in [0.2, 0.25) is 0 Å². The zero-order chi connectivity index (χ0) is 14.1. The van der Waals surface area contributed by atoms with Crippen LogP contribution in [0.25, 0.3) is 0 Å². The fraction of sp³-hybridized carbons (Fsp3) is 0.308. The minimum absolute atomic E-state index is 0.0563. The molecular weight excluding hydrogens is 276 g/mol. The molecule has 0 spiro atoms. The molecule has 6 nitrogen and oxygen atoms in total. The first-order valence-corrected chi connectivity index (χ1v) is 7.20. The average molecular weight is 290 g/mol. The van der Waals surface area contributed by atoms with Crippen molar-refractivity contribution in [3.05, 3.63) is 45.6 Å². The molecule has 1 aliphatic carbocycles. The van der Waals surface area contributed by atoms with E-state index in [0.717, 1.165) is 36.3 Å². The van der Waals surface area contributed by atoms with Crippen LogP contribution in [-0.4, -0.2) is 9.91 Å². The van der Waals surface area contributed by atoms with E-state index in [0.29, 0.717) is 5.13 Å². The number of aromatic nitrogens is 1. The summed E-state index contributed by atoms with van der Waals surface area (Å²) in [6.45, 7) is 0. The highest BCUT2D eigenvalue weighted by atomic mass is 32.1. The summed E-state index contributed by atoms with van der Waals surface area (Å²) >= 11 is 1.07. The van der Waals surface area contributed by atoms with Gasteiger partial charge in [0.25, 0.3) is 0 Å². The first-order chi connectivity index (χ1) is 9.63. The molecule has 7 heteroatoms. The van der Waals surface area contributed by atoms with Gasteiger partial charge in [0.05, 0.1) is 11.0 Å². The molecule has 0 aliphatic heterocycles. The lowest BCUT2D eigenvalue weighted by Crippen LogP contribution is -2.17. The van der Waals surface area contributed by atoms with Gasteiger partial charge in [-0.05, 0) is 53.9 Å². The van der Waals surface area contributed by atoms with Crippen LogP contribution < -0.4 is 11.1 Å². The van der Waals surface area contributed by atoms with Gasteiger partial charge in [-0.3, -0.25) is 10.1 Å². The van der Waals surface area contributed by atoms with Crippen molar-refractivity contribution in [1.82, 2.24) is 4.98 Å². The van der Waals surface area contributed by atoms with E-state index in [1.54, 1.807) is 0 Å². The number of thiazole rings is 1. The van der Waals surface area contributed by atoms with Gasteiger partial charge >= 0.3 is 5.00 Å². The largest absolute Gasteiger partial charge is 0.399 e. The zero-order valence-electron chi connectivity index (χ0n) is 10.7. The Labute approximate surface area is 119 Å². The van der Waals surface area contributed by atoms with Gasteiger partial charge in [-0.2, -0.15) is 0 Å². The van der Waals surface area contributed by atoms with Gasteiger partial charge in [-0.25, -0.2) is 4.98 Å². The number of nitrogens with two attached hydrogens (primary N) is 1. The molecular formula is C13H14N4O2S. The molecule has 1 aliphatic rings. The standard InChI is InChI=1S/C13H14N4O2S/c14-9-4-5-10-8(6-9)2-1-3-11(10)16-13-15-7-12(20-13)17(18)19/h4-7,11H,1-3,14H2,(H,15,16). The number of nitrogens with one attached hydrogen (secondary N) is 1. The first kappa shape index (κ1) is 12.9. The van der Waals surface area contributed by atoms with Gasteiger partial charge in [0.15, 0.2) is 5.13 Å². The summed E-state index contributed by atoms with van der Waals surface area (Å²) in [5.41, 5.74) is 9.04. The van der Waals surface area contributed by atoms with Crippen molar-refractivity contribution in [3.8, 4) is 0 Å². The van der Waals surface area contributed by atoms with Crippen LogP contribution in [0.3, 0.4) is 0 Å². The number of fused-ring (bicyclic) bond motifs is 1. The van der Waals surface area contributed by atoms with Crippen LogP contribution in [0.1, 0.15) is 30.0 Å². The Balaban J connectivity index is 1.83. The third-order valence-electron chi connectivity index (χ3n) is 3.45. The third kappa shape index (κ3) is 2.44. The van der Waals surface area contributed by atoms with Gasteiger partial charge < -0.3 is 11.1 Å². The molecule has 0 fully saturated rings. The normalized spacial score (nSPS) is 17.5. The molecule has 1 aromatic carbocycles. The van der Waals surface area contributed by atoms with E-state index in [4.69, 9.17) is 5.73 Å². The van der Waals surface area contributed by atoms with E-state index in [9.17, 15) is 10.1 Å². The number of hydrogen-bond donors (Lipinski definition) is 2. The molecule has 3 rings (SSSR count). The first-order valence-electron chi connectivity index (χ1n) is 6.38. The van der Waals surface area contributed by atoms with Crippen molar-refractivity contribution in [2.45, 2.75) is 25.3 Å². The Hall–Kier alpha value is -2.15. The molecule has 0 saturated carbocycles. The highest BCUT2D eigenvalue weighted by Crippen LogP contribution is 2.35. The number of nitrogens with zero attached hydrogens (tertiary/aromatic N) is 2.